The van der Waals surface area contributed by atoms with E-state index in [1.54, 1.807) is 0 Å². The quantitative estimate of drug-likeness (QED) is 0.545. The molecule has 1 aromatic carbocycles. The van der Waals surface area contributed by atoms with E-state index in [1.165, 1.54) is 12.1 Å². The summed E-state index contributed by atoms with van der Waals surface area (Å²) in [5.74, 6) is -1.15. The predicted molar refractivity (Wildman–Crippen MR) is 73.1 cm³/mol. The van der Waals surface area contributed by atoms with Crippen molar-refractivity contribution < 1.29 is 22.7 Å². The van der Waals surface area contributed by atoms with Gasteiger partial charge < -0.3 is 13.9 Å². The third-order valence-electron chi connectivity index (χ3n) is 2.22. The Morgan fingerprint density at radius 2 is 1.65 bits per heavy atom. The van der Waals surface area contributed by atoms with E-state index in [9.17, 15) is 8.78 Å². The van der Waals surface area contributed by atoms with Crippen LogP contribution < -0.4 is 0 Å². The minimum Gasteiger partial charge on any atom is -0.372 e. The van der Waals surface area contributed by atoms with Gasteiger partial charge in [-0.15, -0.1) is 0 Å². The highest BCUT2D eigenvalue weighted by atomic mass is 28.2. The monoisotopic (exact) mass is 302 g/mol. The van der Waals surface area contributed by atoms with Crippen molar-refractivity contribution in [2.45, 2.75) is 52.4 Å². The Hall–Kier alpha value is -0.823. The fourth-order valence-electron chi connectivity index (χ4n) is 1.38. The molecule has 20 heavy (non-hydrogen) atoms. The fraction of sp³-hybridized carbons (Fsp3) is 0.571. The molecule has 0 atom stereocenters. The maximum Gasteiger partial charge on any atom is 0.262 e. The van der Waals surface area contributed by atoms with E-state index < -0.39 is 18.1 Å². The van der Waals surface area contributed by atoms with Crippen molar-refractivity contribution in [3.63, 3.8) is 0 Å². The molecule has 0 aliphatic rings. The summed E-state index contributed by atoms with van der Waals surface area (Å²) >= 11 is 0. The van der Waals surface area contributed by atoms with Crippen LogP contribution in [0.1, 0.15) is 33.3 Å². The van der Waals surface area contributed by atoms with Gasteiger partial charge in [0, 0.05) is 6.07 Å². The van der Waals surface area contributed by atoms with Crippen LogP contribution in [0.3, 0.4) is 0 Å². The molecule has 0 amide bonds. The average molecular weight is 302 g/mol. The minimum absolute atomic E-state index is 0.0302. The van der Waals surface area contributed by atoms with Crippen LogP contribution in [0.5, 0.6) is 0 Å². The molecule has 0 bridgehead atoms. The molecule has 1 aromatic rings. The van der Waals surface area contributed by atoms with Gasteiger partial charge in [-0.25, -0.2) is 8.78 Å². The highest BCUT2D eigenvalue weighted by Gasteiger charge is 2.15. The standard InChI is InChI=1S/C14H20F2O3Si/c1-9(2)17-14(18-10(3)4)19-20-8-11-5-6-12(15)7-13(11)16/h5-7,9-10,14H,8H2,1-4H3. The Kier molecular flexibility index (Phi) is 7.29. The van der Waals surface area contributed by atoms with Gasteiger partial charge in [0.15, 0.2) is 0 Å². The summed E-state index contributed by atoms with van der Waals surface area (Å²) in [5.41, 5.74) is 0.414. The van der Waals surface area contributed by atoms with Crippen LogP contribution in [-0.2, 0) is 19.9 Å². The van der Waals surface area contributed by atoms with Gasteiger partial charge in [0.25, 0.3) is 6.48 Å². The molecule has 0 aliphatic heterocycles. The lowest BCUT2D eigenvalue weighted by molar-refractivity contribution is -0.275. The van der Waals surface area contributed by atoms with Crippen molar-refractivity contribution in [1.29, 1.82) is 0 Å². The Labute approximate surface area is 121 Å². The first-order chi connectivity index (χ1) is 9.38. The molecular weight excluding hydrogens is 282 g/mol. The molecule has 0 aliphatic carbocycles. The number of ether oxygens (including phenoxy) is 2. The lowest BCUT2D eigenvalue weighted by atomic mass is 10.2. The fourth-order valence-corrected chi connectivity index (χ4v) is 2.16. The van der Waals surface area contributed by atoms with Crippen LogP contribution in [-0.4, -0.2) is 28.4 Å². The molecule has 0 heterocycles. The van der Waals surface area contributed by atoms with E-state index in [1.807, 2.05) is 27.7 Å². The Bertz CT molecular complexity index is 403. The molecule has 0 N–H and O–H groups in total. The van der Waals surface area contributed by atoms with Gasteiger partial charge in [-0.3, -0.25) is 0 Å². The molecule has 1 rings (SSSR count). The van der Waals surface area contributed by atoms with Gasteiger partial charge in [-0.1, -0.05) is 6.07 Å². The third kappa shape index (κ3) is 6.56. The van der Waals surface area contributed by atoms with Crippen molar-refractivity contribution >= 4 is 9.76 Å². The first-order valence-corrected chi connectivity index (χ1v) is 7.63. The zero-order valence-electron chi connectivity index (χ0n) is 12.2. The Morgan fingerprint density at radius 1 is 1.05 bits per heavy atom. The van der Waals surface area contributed by atoms with Crippen molar-refractivity contribution in [3.8, 4) is 0 Å². The molecule has 0 aromatic heterocycles. The van der Waals surface area contributed by atoms with Crippen molar-refractivity contribution in [2.24, 2.45) is 0 Å². The molecule has 0 saturated carbocycles. The largest absolute Gasteiger partial charge is 0.372 e. The van der Waals surface area contributed by atoms with Crippen LogP contribution in [0.4, 0.5) is 8.78 Å². The second-order valence-corrected chi connectivity index (χ2v) is 5.71. The second-order valence-electron chi connectivity index (χ2n) is 4.83. The van der Waals surface area contributed by atoms with Gasteiger partial charge in [0.05, 0.1) is 12.2 Å². The van der Waals surface area contributed by atoms with Gasteiger partial charge >= 0.3 is 0 Å². The molecule has 0 fully saturated rings. The molecule has 6 heteroatoms. The van der Waals surface area contributed by atoms with E-state index in [4.69, 9.17) is 13.9 Å². The van der Waals surface area contributed by atoms with Gasteiger partial charge in [0.1, 0.15) is 11.6 Å². The molecule has 112 valence electrons. The van der Waals surface area contributed by atoms with E-state index in [0.717, 1.165) is 6.07 Å². The van der Waals surface area contributed by atoms with Crippen LogP contribution in [0.15, 0.2) is 18.2 Å². The second kappa shape index (κ2) is 8.46. The Morgan fingerprint density at radius 3 is 2.15 bits per heavy atom. The number of rotatable bonds is 8. The van der Waals surface area contributed by atoms with E-state index in [-0.39, 0.29) is 22.0 Å². The summed E-state index contributed by atoms with van der Waals surface area (Å²) in [6.45, 7) is 6.74. The Balaban J connectivity index is 2.46. The number of hydrogen-bond acceptors (Lipinski definition) is 3. The summed E-state index contributed by atoms with van der Waals surface area (Å²) in [4.78, 5) is 0. The molecule has 0 saturated heterocycles. The predicted octanol–water partition coefficient (Wildman–Crippen LogP) is 3.23. The summed E-state index contributed by atoms with van der Waals surface area (Å²) in [5, 5.41) is 0. The molecule has 3 nitrogen and oxygen atoms in total. The molecule has 0 spiro atoms. The normalized spacial score (nSPS) is 11.8. The molecule has 2 radical (unpaired) electrons. The third-order valence-corrected chi connectivity index (χ3v) is 3.11. The van der Waals surface area contributed by atoms with E-state index in [2.05, 4.69) is 0 Å². The van der Waals surface area contributed by atoms with E-state index >= 15 is 0 Å². The summed E-state index contributed by atoms with van der Waals surface area (Å²) in [6, 6.07) is 3.87. The number of benzene rings is 1. The first kappa shape index (κ1) is 17.2. The SMILES string of the molecule is CC(C)OC(O[Si]Cc1ccc(F)cc1F)OC(C)C. The maximum absolute atomic E-state index is 13.4. The zero-order valence-corrected chi connectivity index (χ0v) is 13.2. The first-order valence-electron chi connectivity index (χ1n) is 6.52. The number of halogens is 2. The summed E-state index contributed by atoms with van der Waals surface area (Å²) in [6.07, 6.45) is -0.0720. The molecule has 0 unspecified atom stereocenters. The van der Waals surface area contributed by atoms with Crippen LogP contribution >= 0.6 is 0 Å². The highest BCUT2D eigenvalue weighted by Crippen LogP contribution is 2.11. The van der Waals surface area contributed by atoms with Gasteiger partial charge in [0.2, 0.25) is 9.76 Å². The van der Waals surface area contributed by atoms with Crippen molar-refractivity contribution in [2.75, 3.05) is 0 Å². The van der Waals surface area contributed by atoms with Crippen molar-refractivity contribution in [3.05, 3.63) is 35.4 Å². The van der Waals surface area contributed by atoms with Crippen LogP contribution in [0.25, 0.3) is 0 Å². The van der Waals surface area contributed by atoms with Crippen LogP contribution in [0, 0.1) is 11.6 Å². The average Bonchev–Trinajstić information content (AvgIpc) is 2.30. The van der Waals surface area contributed by atoms with Gasteiger partial charge in [-0.05, 0) is 45.4 Å². The summed E-state index contributed by atoms with van der Waals surface area (Å²) in [7, 11) is -0.0302. The minimum atomic E-state index is -0.767. The smallest absolute Gasteiger partial charge is 0.262 e. The lowest BCUT2D eigenvalue weighted by Crippen LogP contribution is -2.29. The maximum atomic E-state index is 13.4. The zero-order chi connectivity index (χ0) is 15.1. The lowest BCUT2D eigenvalue weighted by Gasteiger charge is -2.22. The van der Waals surface area contributed by atoms with Crippen molar-refractivity contribution in [1.82, 2.24) is 0 Å². The van der Waals surface area contributed by atoms with E-state index in [0.29, 0.717) is 11.6 Å². The number of hydrogen-bond donors (Lipinski definition) is 0. The highest BCUT2D eigenvalue weighted by molar-refractivity contribution is 6.26. The van der Waals surface area contributed by atoms with Crippen LogP contribution in [0.2, 0.25) is 0 Å². The van der Waals surface area contributed by atoms with Gasteiger partial charge in [-0.2, -0.15) is 0 Å². The summed E-state index contributed by atoms with van der Waals surface area (Å²) < 4.78 is 42.6. The topological polar surface area (TPSA) is 27.7 Å². The molecular formula is C14H20F2O3Si.